The molecular formula is C18H25NO. The first-order chi connectivity index (χ1) is 9.22. The third-order valence-electron chi connectivity index (χ3n) is 4.13. The smallest absolute Gasteiger partial charge is 0.191 e. The van der Waals surface area contributed by atoms with E-state index in [4.69, 9.17) is 0 Å². The first-order valence-corrected chi connectivity index (χ1v) is 7.31. The topological polar surface area (TPSA) is 20.3 Å². The van der Waals surface area contributed by atoms with Crippen molar-refractivity contribution >= 4 is 5.78 Å². The van der Waals surface area contributed by atoms with Gasteiger partial charge in [0.15, 0.2) is 5.78 Å². The molecule has 1 aromatic carbocycles. The first-order valence-electron chi connectivity index (χ1n) is 7.31. The summed E-state index contributed by atoms with van der Waals surface area (Å²) in [5.41, 5.74) is 1.69. The highest BCUT2D eigenvalue weighted by Crippen LogP contribution is 2.38. The Kier molecular flexibility index (Phi) is 3.77. The van der Waals surface area contributed by atoms with Crippen LogP contribution in [0, 0.1) is 5.41 Å². The Labute approximate surface area is 122 Å². The van der Waals surface area contributed by atoms with Crippen molar-refractivity contribution in [2.75, 3.05) is 6.54 Å². The van der Waals surface area contributed by atoms with Crippen molar-refractivity contribution in [3.63, 3.8) is 0 Å². The van der Waals surface area contributed by atoms with Crippen LogP contribution in [0.2, 0.25) is 0 Å². The highest BCUT2D eigenvalue weighted by atomic mass is 16.1. The van der Waals surface area contributed by atoms with Gasteiger partial charge in [-0.15, -0.1) is 0 Å². The number of Topliss-reactive ketones (excluding diaryl/α,β-unsaturated/α-hetero) is 1. The molecule has 0 aliphatic carbocycles. The monoisotopic (exact) mass is 271 g/mol. The van der Waals surface area contributed by atoms with Gasteiger partial charge >= 0.3 is 0 Å². The molecule has 0 aromatic heterocycles. The van der Waals surface area contributed by atoms with Crippen molar-refractivity contribution in [3.8, 4) is 0 Å². The largest absolute Gasteiger partial charge is 0.372 e. The molecule has 2 rings (SSSR count). The number of carbonyl (C=O) groups excluding carboxylic acids is 1. The normalized spacial score (nSPS) is 18.6. The lowest BCUT2D eigenvalue weighted by Gasteiger charge is -2.43. The van der Waals surface area contributed by atoms with Gasteiger partial charge in [-0.3, -0.25) is 4.79 Å². The molecule has 108 valence electrons. The van der Waals surface area contributed by atoms with Crippen molar-refractivity contribution in [3.05, 3.63) is 47.7 Å². The van der Waals surface area contributed by atoms with Crippen LogP contribution in [0.25, 0.3) is 0 Å². The summed E-state index contributed by atoms with van der Waals surface area (Å²) in [6.45, 7) is 11.9. The molecule has 0 saturated heterocycles. The number of carbonyl (C=O) groups is 1. The van der Waals surface area contributed by atoms with Crippen LogP contribution in [-0.2, 0) is 0 Å². The Bertz CT molecular complexity index is 520. The minimum atomic E-state index is -0.0608. The molecule has 0 bridgehead atoms. The van der Waals surface area contributed by atoms with E-state index in [0.29, 0.717) is 0 Å². The summed E-state index contributed by atoms with van der Waals surface area (Å²) >= 11 is 0. The number of allylic oxidation sites excluding steroid dienone is 1. The summed E-state index contributed by atoms with van der Waals surface area (Å²) in [6, 6.07) is 9.58. The van der Waals surface area contributed by atoms with Crippen molar-refractivity contribution in [2.24, 2.45) is 5.41 Å². The predicted octanol–water partition coefficient (Wildman–Crippen LogP) is 4.28. The molecular weight excluding hydrogens is 246 g/mol. The van der Waals surface area contributed by atoms with Crippen LogP contribution in [-0.4, -0.2) is 22.8 Å². The predicted molar refractivity (Wildman–Crippen MR) is 83.7 cm³/mol. The quantitative estimate of drug-likeness (QED) is 0.748. The number of rotatable bonds is 2. The Morgan fingerprint density at radius 2 is 1.75 bits per heavy atom. The maximum absolute atomic E-state index is 12.8. The van der Waals surface area contributed by atoms with E-state index >= 15 is 0 Å². The molecule has 0 unspecified atom stereocenters. The van der Waals surface area contributed by atoms with E-state index in [1.165, 1.54) is 0 Å². The molecule has 1 aliphatic rings. The van der Waals surface area contributed by atoms with E-state index in [9.17, 15) is 4.79 Å². The summed E-state index contributed by atoms with van der Waals surface area (Å²) in [6.07, 6.45) is 3.09. The second-order valence-corrected chi connectivity index (χ2v) is 7.24. The van der Waals surface area contributed by atoms with Crippen LogP contribution in [0.15, 0.2) is 42.1 Å². The summed E-state index contributed by atoms with van der Waals surface area (Å²) in [5, 5.41) is 0. The van der Waals surface area contributed by atoms with E-state index in [1.54, 1.807) is 0 Å². The number of benzene rings is 1. The summed E-state index contributed by atoms with van der Waals surface area (Å²) in [7, 11) is 0. The maximum Gasteiger partial charge on any atom is 0.191 e. The first kappa shape index (κ1) is 14.8. The molecule has 2 nitrogen and oxygen atoms in total. The summed E-state index contributed by atoms with van der Waals surface area (Å²) in [4.78, 5) is 15.1. The average Bonchev–Trinajstić information content (AvgIpc) is 2.37. The van der Waals surface area contributed by atoms with Crippen molar-refractivity contribution < 1.29 is 4.79 Å². The number of ketones is 1. The number of hydrogen-bond donors (Lipinski definition) is 0. The highest BCUT2D eigenvalue weighted by Gasteiger charge is 2.35. The average molecular weight is 271 g/mol. The highest BCUT2D eigenvalue weighted by molar-refractivity contribution is 6.09. The zero-order chi connectivity index (χ0) is 15.0. The molecule has 0 saturated carbocycles. The molecule has 1 heterocycles. The minimum Gasteiger partial charge on any atom is -0.372 e. The molecule has 0 atom stereocenters. The van der Waals surface area contributed by atoms with E-state index < -0.39 is 0 Å². The molecule has 2 heteroatoms. The molecule has 0 amide bonds. The second kappa shape index (κ2) is 5.08. The summed E-state index contributed by atoms with van der Waals surface area (Å²) < 4.78 is 0. The molecule has 0 fully saturated rings. The van der Waals surface area contributed by atoms with Gasteiger partial charge < -0.3 is 4.90 Å². The molecule has 0 N–H and O–H groups in total. The zero-order valence-electron chi connectivity index (χ0n) is 13.2. The van der Waals surface area contributed by atoms with Crippen LogP contribution in [0.4, 0.5) is 0 Å². The van der Waals surface area contributed by atoms with Crippen molar-refractivity contribution in [1.29, 1.82) is 0 Å². The van der Waals surface area contributed by atoms with Crippen LogP contribution < -0.4 is 0 Å². The SMILES string of the molecule is CC1(C)CCN(C(C)(C)C)C=C1C(=O)c1ccccc1. The minimum absolute atomic E-state index is 0.0543. The second-order valence-electron chi connectivity index (χ2n) is 7.24. The van der Waals surface area contributed by atoms with Crippen LogP contribution in [0.5, 0.6) is 0 Å². The molecule has 0 radical (unpaired) electrons. The lowest BCUT2D eigenvalue weighted by Crippen LogP contribution is -2.44. The Balaban J connectivity index is 2.40. The number of nitrogens with zero attached hydrogens (tertiary/aromatic N) is 1. The molecule has 20 heavy (non-hydrogen) atoms. The van der Waals surface area contributed by atoms with E-state index in [0.717, 1.165) is 24.1 Å². The Morgan fingerprint density at radius 1 is 1.15 bits per heavy atom. The van der Waals surface area contributed by atoms with Gasteiger partial charge in [0.05, 0.1) is 0 Å². The van der Waals surface area contributed by atoms with Gasteiger partial charge in [-0.2, -0.15) is 0 Å². The third-order valence-corrected chi connectivity index (χ3v) is 4.13. The molecule has 1 aromatic rings. The summed E-state index contributed by atoms with van der Waals surface area (Å²) in [5.74, 6) is 0.157. The van der Waals surface area contributed by atoms with Gasteiger partial charge in [0.2, 0.25) is 0 Å². The third kappa shape index (κ3) is 2.95. The van der Waals surface area contributed by atoms with Gasteiger partial charge in [-0.1, -0.05) is 44.2 Å². The van der Waals surface area contributed by atoms with Crippen LogP contribution >= 0.6 is 0 Å². The lowest BCUT2D eigenvalue weighted by molar-refractivity contribution is 0.0964. The van der Waals surface area contributed by atoms with Gasteiger partial charge in [-0.05, 0) is 32.6 Å². The lowest BCUT2D eigenvalue weighted by atomic mass is 9.75. The van der Waals surface area contributed by atoms with E-state index in [-0.39, 0.29) is 16.7 Å². The van der Waals surface area contributed by atoms with Gasteiger partial charge in [0.1, 0.15) is 0 Å². The van der Waals surface area contributed by atoms with Crippen LogP contribution in [0.1, 0.15) is 51.4 Å². The van der Waals surface area contributed by atoms with E-state index in [1.807, 2.05) is 30.3 Å². The Morgan fingerprint density at radius 3 is 2.30 bits per heavy atom. The number of hydrogen-bond acceptors (Lipinski definition) is 2. The van der Waals surface area contributed by atoms with Crippen LogP contribution in [0.3, 0.4) is 0 Å². The van der Waals surface area contributed by atoms with Crippen molar-refractivity contribution in [1.82, 2.24) is 4.90 Å². The Hall–Kier alpha value is -1.57. The fourth-order valence-electron chi connectivity index (χ4n) is 2.57. The molecule has 0 spiro atoms. The van der Waals surface area contributed by atoms with Crippen molar-refractivity contribution in [2.45, 2.75) is 46.6 Å². The van der Waals surface area contributed by atoms with Gasteiger partial charge in [-0.25, -0.2) is 0 Å². The fraction of sp³-hybridized carbons (Fsp3) is 0.500. The molecule has 1 aliphatic heterocycles. The fourth-order valence-corrected chi connectivity index (χ4v) is 2.57. The zero-order valence-corrected chi connectivity index (χ0v) is 13.2. The standard InChI is InChI=1S/C18H25NO/c1-17(2,3)19-12-11-18(4,5)15(13-19)16(20)14-9-7-6-8-10-14/h6-10,13H,11-12H2,1-5H3. The van der Waals surface area contributed by atoms with E-state index in [2.05, 4.69) is 45.7 Å². The van der Waals surface area contributed by atoms with Gasteiger partial charge in [0, 0.05) is 29.4 Å². The van der Waals surface area contributed by atoms with Gasteiger partial charge in [0.25, 0.3) is 0 Å². The maximum atomic E-state index is 12.8.